The maximum atomic E-state index is 11.6. The lowest BCUT2D eigenvalue weighted by molar-refractivity contribution is -0.121. The molecule has 2 rings (SSSR count). The van der Waals surface area contributed by atoms with Crippen LogP contribution in [0.1, 0.15) is 11.5 Å². The van der Waals surface area contributed by atoms with E-state index in [9.17, 15) is 4.79 Å². The van der Waals surface area contributed by atoms with Gasteiger partial charge in [-0.15, -0.1) is 0 Å². The Hall–Kier alpha value is -2.37. The van der Waals surface area contributed by atoms with Gasteiger partial charge >= 0.3 is 0 Å². The molecule has 0 aromatic carbocycles. The van der Waals surface area contributed by atoms with Crippen LogP contribution in [-0.4, -0.2) is 26.2 Å². The molecule has 18 heavy (non-hydrogen) atoms. The van der Waals surface area contributed by atoms with Crippen LogP contribution in [0.25, 0.3) is 0 Å². The van der Waals surface area contributed by atoms with E-state index < -0.39 is 0 Å². The second-order valence-corrected chi connectivity index (χ2v) is 3.94. The number of aryl methyl sites for hydroxylation is 2. The Kier molecular flexibility index (Phi) is 3.57. The van der Waals surface area contributed by atoms with Crippen molar-refractivity contribution in [3.05, 3.63) is 42.2 Å². The molecule has 2 aromatic heterocycles. The van der Waals surface area contributed by atoms with E-state index in [0.717, 1.165) is 11.5 Å². The fraction of sp³-hybridized carbons (Fsp3) is 0.250. The van der Waals surface area contributed by atoms with E-state index in [-0.39, 0.29) is 12.5 Å². The molecular weight excluding hydrogens is 230 g/mol. The number of carbonyl (C=O) groups excluding carboxylic acids is 1. The highest BCUT2D eigenvalue weighted by Gasteiger charge is 2.03. The third kappa shape index (κ3) is 2.85. The topological polar surface area (TPSA) is 64.2 Å². The van der Waals surface area contributed by atoms with E-state index >= 15 is 0 Å². The lowest BCUT2D eigenvalue weighted by Gasteiger charge is -2.03. The molecule has 2 heterocycles. The minimum atomic E-state index is -0.179. The van der Waals surface area contributed by atoms with Gasteiger partial charge in [0.05, 0.1) is 11.9 Å². The Bertz CT molecular complexity index is 567. The van der Waals surface area contributed by atoms with Crippen LogP contribution in [0.2, 0.25) is 0 Å². The first-order chi connectivity index (χ1) is 8.66. The molecule has 0 saturated carbocycles. The van der Waals surface area contributed by atoms with Crippen LogP contribution < -0.4 is 5.43 Å². The monoisotopic (exact) mass is 245 g/mol. The van der Waals surface area contributed by atoms with Crippen molar-refractivity contribution in [1.29, 1.82) is 0 Å². The first-order valence-corrected chi connectivity index (χ1v) is 5.58. The van der Waals surface area contributed by atoms with Gasteiger partial charge in [-0.25, -0.2) is 10.4 Å². The fourth-order valence-corrected chi connectivity index (χ4v) is 1.54. The van der Waals surface area contributed by atoms with Crippen LogP contribution in [0.5, 0.6) is 0 Å². The molecule has 6 heteroatoms. The fourth-order valence-electron chi connectivity index (χ4n) is 1.54. The summed E-state index contributed by atoms with van der Waals surface area (Å²) >= 11 is 0. The van der Waals surface area contributed by atoms with Crippen molar-refractivity contribution in [2.45, 2.75) is 13.5 Å². The van der Waals surface area contributed by atoms with Crippen LogP contribution in [0.4, 0.5) is 0 Å². The largest absolute Gasteiger partial charge is 0.350 e. The van der Waals surface area contributed by atoms with Crippen LogP contribution in [0.15, 0.2) is 35.8 Å². The summed E-state index contributed by atoms with van der Waals surface area (Å²) in [6, 6.07) is 3.83. The molecule has 0 aliphatic rings. The van der Waals surface area contributed by atoms with Crippen LogP contribution in [-0.2, 0) is 18.4 Å². The summed E-state index contributed by atoms with van der Waals surface area (Å²) in [6.45, 7) is 2.07. The first-order valence-electron chi connectivity index (χ1n) is 5.58. The van der Waals surface area contributed by atoms with Gasteiger partial charge in [-0.1, -0.05) is 0 Å². The van der Waals surface area contributed by atoms with Crippen LogP contribution in [0.3, 0.4) is 0 Å². The highest BCUT2D eigenvalue weighted by atomic mass is 16.2. The van der Waals surface area contributed by atoms with Gasteiger partial charge < -0.3 is 9.13 Å². The SMILES string of the molecule is Cc1nccn1CC(=O)NN=Cc1cccn1C. The number of imidazole rings is 1. The Labute approximate surface area is 105 Å². The number of rotatable bonds is 4. The number of carbonyl (C=O) groups is 1. The molecule has 0 radical (unpaired) electrons. The molecular formula is C12H15N5O. The zero-order chi connectivity index (χ0) is 13.0. The number of hydrazone groups is 1. The first kappa shape index (κ1) is 12.1. The number of hydrogen-bond acceptors (Lipinski definition) is 3. The van der Waals surface area contributed by atoms with E-state index in [4.69, 9.17) is 0 Å². The minimum Gasteiger partial charge on any atom is -0.350 e. The molecule has 94 valence electrons. The van der Waals surface area contributed by atoms with Gasteiger partial charge in [-0.3, -0.25) is 4.79 Å². The Balaban J connectivity index is 1.87. The average Bonchev–Trinajstić information content (AvgIpc) is 2.90. The van der Waals surface area contributed by atoms with Gasteiger partial charge in [0.15, 0.2) is 0 Å². The lowest BCUT2D eigenvalue weighted by atomic mass is 10.5. The molecule has 0 atom stereocenters. The van der Waals surface area contributed by atoms with E-state index in [1.165, 1.54) is 0 Å². The van der Waals surface area contributed by atoms with Crippen molar-refractivity contribution in [3.63, 3.8) is 0 Å². The highest BCUT2D eigenvalue weighted by Crippen LogP contribution is 1.95. The predicted molar refractivity (Wildman–Crippen MR) is 68.1 cm³/mol. The normalized spacial score (nSPS) is 11.0. The number of nitrogens with zero attached hydrogens (tertiary/aromatic N) is 4. The zero-order valence-corrected chi connectivity index (χ0v) is 10.4. The lowest BCUT2D eigenvalue weighted by Crippen LogP contribution is -2.23. The maximum Gasteiger partial charge on any atom is 0.260 e. The summed E-state index contributed by atoms with van der Waals surface area (Å²) < 4.78 is 3.67. The molecule has 0 spiro atoms. The Morgan fingerprint density at radius 1 is 1.56 bits per heavy atom. The minimum absolute atomic E-state index is 0.179. The number of nitrogens with one attached hydrogen (secondary N) is 1. The van der Waals surface area contributed by atoms with Crippen LogP contribution >= 0.6 is 0 Å². The molecule has 0 aliphatic heterocycles. The van der Waals surface area contributed by atoms with E-state index in [2.05, 4.69) is 15.5 Å². The molecule has 2 aromatic rings. The summed E-state index contributed by atoms with van der Waals surface area (Å²) in [6.07, 6.45) is 6.95. The number of aromatic nitrogens is 3. The Morgan fingerprint density at radius 2 is 2.39 bits per heavy atom. The summed E-state index contributed by atoms with van der Waals surface area (Å²) in [5.41, 5.74) is 3.41. The molecule has 0 saturated heterocycles. The van der Waals surface area contributed by atoms with Crippen molar-refractivity contribution in [1.82, 2.24) is 19.5 Å². The van der Waals surface area contributed by atoms with Crippen molar-refractivity contribution in [2.75, 3.05) is 0 Å². The number of hydrogen-bond donors (Lipinski definition) is 1. The molecule has 0 fully saturated rings. The van der Waals surface area contributed by atoms with Gasteiger partial charge in [0, 0.05) is 25.6 Å². The maximum absolute atomic E-state index is 11.6. The standard InChI is InChI=1S/C12H15N5O/c1-10-13-5-7-17(10)9-12(18)15-14-8-11-4-3-6-16(11)2/h3-8H,9H2,1-2H3,(H,15,18). The van der Waals surface area contributed by atoms with Crippen LogP contribution in [0, 0.1) is 6.92 Å². The second-order valence-electron chi connectivity index (χ2n) is 3.94. The number of amides is 1. The summed E-state index contributed by atoms with van der Waals surface area (Å²) in [4.78, 5) is 15.6. The van der Waals surface area contributed by atoms with Crippen molar-refractivity contribution < 1.29 is 4.79 Å². The van der Waals surface area contributed by atoms with Gasteiger partial charge in [-0.2, -0.15) is 5.10 Å². The zero-order valence-electron chi connectivity index (χ0n) is 10.4. The summed E-state index contributed by atoms with van der Waals surface area (Å²) in [5.74, 6) is 0.623. The molecule has 0 unspecified atom stereocenters. The van der Waals surface area contributed by atoms with Crippen molar-refractivity contribution >= 4 is 12.1 Å². The molecule has 1 amide bonds. The van der Waals surface area contributed by atoms with E-state index in [1.54, 1.807) is 23.2 Å². The van der Waals surface area contributed by atoms with E-state index in [1.807, 2.05) is 36.9 Å². The Morgan fingerprint density at radius 3 is 3.00 bits per heavy atom. The van der Waals surface area contributed by atoms with Gasteiger partial charge in [0.1, 0.15) is 12.4 Å². The third-order valence-electron chi connectivity index (χ3n) is 2.61. The van der Waals surface area contributed by atoms with Gasteiger partial charge in [-0.05, 0) is 19.1 Å². The van der Waals surface area contributed by atoms with Crippen molar-refractivity contribution in [3.8, 4) is 0 Å². The smallest absolute Gasteiger partial charge is 0.260 e. The third-order valence-corrected chi connectivity index (χ3v) is 2.61. The average molecular weight is 245 g/mol. The molecule has 0 aliphatic carbocycles. The highest BCUT2D eigenvalue weighted by molar-refractivity contribution is 5.81. The quantitative estimate of drug-likeness (QED) is 0.636. The molecule has 6 nitrogen and oxygen atoms in total. The van der Waals surface area contributed by atoms with Crippen molar-refractivity contribution in [2.24, 2.45) is 12.1 Å². The summed E-state index contributed by atoms with van der Waals surface area (Å²) in [5, 5.41) is 3.91. The van der Waals surface area contributed by atoms with Gasteiger partial charge in [0.2, 0.25) is 0 Å². The molecule has 1 N–H and O–H groups in total. The molecule has 0 bridgehead atoms. The van der Waals surface area contributed by atoms with E-state index in [0.29, 0.717) is 0 Å². The summed E-state index contributed by atoms with van der Waals surface area (Å²) in [7, 11) is 1.91. The second kappa shape index (κ2) is 5.31. The van der Waals surface area contributed by atoms with Gasteiger partial charge in [0.25, 0.3) is 5.91 Å². The predicted octanol–water partition coefficient (Wildman–Crippen LogP) is 0.680.